The third-order valence-electron chi connectivity index (χ3n) is 4.04. The zero-order chi connectivity index (χ0) is 14.5. The van der Waals surface area contributed by atoms with E-state index in [2.05, 4.69) is 81.7 Å². The molecule has 1 heteroatoms. The molecule has 0 bridgehead atoms. The van der Waals surface area contributed by atoms with Gasteiger partial charge in [-0.15, -0.1) is 0 Å². The first kappa shape index (κ1) is 14.8. The van der Waals surface area contributed by atoms with Crippen LogP contribution in [0, 0.1) is 13.8 Å². The Bertz CT molecular complexity index is 525. The topological polar surface area (TPSA) is 12.0 Å². The fraction of sp³-hybridized carbons (Fsp3) is 0.368. The van der Waals surface area contributed by atoms with E-state index < -0.39 is 0 Å². The molecule has 2 unspecified atom stereocenters. The van der Waals surface area contributed by atoms with Crippen LogP contribution >= 0.6 is 0 Å². The SMILES string of the molecule is CNC(Cc1cc(C)cc(C)c1)C(C)c1ccccc1. The van der Waals surface area contributed by atoms with Gasteiger partial charge in [0, 0.05) is 6.04 Å². The van der Waals surface area contributed by atoms with Gasteiger partial charge in [0.05, 0.1) is 0 Å². The molecule has 1 nitrogen and oxygen atoms in total. The van der Waals surface area contributed by atoms with Crippen LogP contribution in [0.4, 0.5) is 0 Å². The molecule has 2 aromatic rings. The zero-order valence-corrected chi connectivity index (χ0v) is 13.0. The lowest BCUT2D eigenvalue weighted by molar-refractivity contribution is 0.483. The summed E-state index contributed by atoms with van der Waals surface area (Å²) in [6, 6.07) is 18.0. The third kappa shape index (κ3) is 3.71. The van der Waals surface area contributed by atoms with Crippen molar-refractivity contribution < 1.29 is 0 Å². The third-order valence-corrected chi connectivity index (χ3v) is 4.04. The number of hydrogen-bond donors (Lipinski definition) is 1. The predicted molar refractivity (Wildman–Crippen MR) is 87.3 cm³/mol. The van der Waals surface area contributed by atoms with Crippen LogP contribution in [0.5, 0.6) is 0 Å². The second-order valence-electron chi connectivity index (χ2n) is 5.79. The molecule has 0 aromatic heterocycles. The van der Waals surface area contributed by atoms with E-state index in [-0.39, 0.29) is 0 Å². The standard InChI is InChI=1S/C19H25N/c1-14-10-15(2)12-17(11-14)13-19(20-4)16(3)18-8-6-5-7-9-18/h5-12,16,19-20H,13H2,1-4H3. The second-order valence-corrected chi connectivity index (χ2v) is 5.79. The van der Waals surface area contributed by atoms with E-state index in [1.54, 1.807) is 0 Å². The summed E-state index contributed by atoms with van der Waals surface area (Å²) in [6.45, 7) is 6.65. The minimum Gasteiger partial charge on any atom is -0.316 e. The van der Waals surface area contributed by atoms with Gasteiger partial charge in [0.25, 0.3) is 0 Å². The number of hydrogen-bond acceptors (Lipinski definition) is 1. The summed E-state index contributed by atoms with van der Waals surface area (Å²) in [4.78, 5) is 0. The Morgan fingerprint density at radius 3 is 2.10 bits per heavy atom. The summed E-state index contributed by atoms with van der Waals surface area (Å²) >= 11 is 0. The monoisotopic (exact) mass is 267 g/mol. The van der Waals surface area contributed by atoms with Crippen LogP contribution < -0.4 is 5.32 Å². The van der Waals surface area contributed by atoms with Gasteiger partial charge in [-0.25, -0.2) is 0 Å². The van der Waals surface area contributed by atoms with Crippen LogP contribution in [0.1, 0.15) is 35.1 Å². The van der Waals surface area contributed by atoms with Crippen molar-refractivity contribution in [1.82, 2.24) is 5.32 Å². The first-order valence-electron chi connectivity index (χ1n) is 7.39. The van der Waals surface area contributed by atoms with Crippen molar-refractivity contribution in [1.29, 1.82) is 0 Å². The Labute approximate surface area is 123 Å². The van der Waals surface area contributed by atoms with Crippen LogP contribution in [-0.4, -0.2) is 13.1 Å². The Morgan fingerprint density at radius 1 is 0.950 bits per heavy atom. The van der Waals surface area contributed by atoms with E-state index in [1.165, 1.54) is 22.3 Å². The van der Waals surface area contributed by atoms with Gasteiger partial charge in [-0.05, 0) is 44.4 Å². The fourth-order valence-electron chi connectivity index (χ4n) is 2.96. The molecule has 0 saturated heterocycles. The number of rotatable bonds is 5. The minimum atomic E-state index is 0.457. The molecule has 1 N–H and O–H groups in total. The summed E-state index contributed by atoms with van der Waals surface area (Å²) in [5.74, 6) is 0.502. The van der Waals surface area contributed by atoms with Crippen molar-refractivity contribution in [3.05, 3.63) is 70.8 Å². The molecule has 2 aromatic carbocycles. The van der Waals surface area contributed by atoms with Gasteiger partial charge in [0.15, 0.2) is 0 Å². The molecule has 0 spiro atoms. The zero-order valence-electron chi connectivity index (χ0n) is 13.0. The van der Waals surface area contributed by atoms with Crippen molar-refractivity contribution in [3.63, 3.8) is 0 Å². The van der Waals surface area contributed by atoms with Crippen molar-refractivity contribution >= 4 is 0 Å². The predicted octanol–water partition coefficient (Wildman–Crippen LogP) is 4.24. The summed E-state index contributed by atoms with van der Waals surface area (Å²) in [6.07, 6.45) is 1.06. The Morgan fingerprint density at radius 2 is 1.55 bits per heavy atom. The minimum absolute atomic E-state index is 0.457. The number of benzene rings is 2. The van der Waals surface area contributed by atoms with Crippen molar-refractivity contribution in [2.24, 2.45) is 0 Å². The van der Waals surface area contributed by atoms with Crippen LogP contribution in [0.25, 0.3) is 0 Å². The van der Waals surface area contributed by atoms with Gasteiger partial charge in [-0.2, -0.15) is 0 Å². The molecule has 0 heterocycles. The van der Waals surface area contributed by atoms with Gasteiger partial charge < -0.3 is 5.32 Å². The molecule has 106 valence electrons. The molecule has 0 fully saturated rings. The average molecular weight is 267 g/mol. The van der Waals surface area contributed by atoms with Crippen LogP contribution in [0.3, 0.4) is 0 Å². The Kier molecular flexibility index (Phi) is 4.97. The highest BCUT2D eigenvalue weighted by molar-refractivity contribution is 5.30. The van der Waals surface area contributed by atoms with Crippen molar-refractivity contribution in [2.75, 3.05) is 7.05 Å². The largest absolute Gasteiger partial charge is 0.316 e. The van der Waals surface area contributed by atoms with Crippen LogP contribution in [-0.2, 0) is 6.42 Å². The van der Waals surface area contributed by atoms with Crippen LogP contribution in [0.15, 0.2) is 48.5 Å². The smallest absolute Gasteiger partial charge is 0.0170 e. The highest BCUT2D eigenvalue weighted by Gasteiger charge is 2.17. The molecule has 0 aliphatic carbocycles. The highest BCUT2D eigenvalue weighted by Crippen LogP contribution is 2.22. The maximum Gasteiger partial charge on any atom is 0.0170 e. The molecule has 2 atom stereocenters. The molecule has 20 heavy (non-hydrogen) atoms. The quantitative estimate of drug-likeness (QED) is 0.854. The summed E-state index contributed by atoms with van der Waals surface area (Å²) in [5, 5.41) is 3.49. The number of likely N-dealkylation sites (N-methyl/N-ethyl adjacent to an activating group) is 1. The molecule has 2 rings (SSSR count). The molecule has 0 aliphatic rings. The first-order chi connectivity index (χ1) is 9.60. The lowest BCUT2D eigenvalue weighted by Crippen LogP contribution is -2.33. The molecular weight excluding hydrogens is 242 g/mol. The van der Waals surface area contributed by atoms with E-state index in [1.807, 2.05) is 0 Å². The number of aryl methyl sites for hydroxylation is 2. The molecule has 0 aliphatic heterocycles. The fourth-order valence-corrected chi connectivity index (χ4v) is 2.96. The maximum absolute atomic E-state index is 3.49. The van der Waals surface area contributed by atoms with E-state index in [0.29, 0.717) is 12.0 Å². The number of nitrogens with one attached hydrogen (secondary N) is 1. The lowest BCUT2D eigenvalue weighted by atomic mass is 9.88. The molecule has 0 saturated carbocycles. The second kappa shape index (κ2) is 6.71. The summed E-state index contributed by atoms with van der Waals surface area (Å²) in [5.41, 5.74) is 5.52. The van der Waals surface area contributed by atoms with Gasteiger partial charge in [-0.3, -0.25) is 0 Å². The molecular formula is C19H25N. The van der Waals surface area contributed by atoms with E-state index >= 15 is 0 Å². The normalized spacial score (nSPS) is 14.0. The van der Waals surface area contributed by atoms with E-state index in [0.717, 1.165) is 6.42 Å². The lowest BCUT2D eigenvalue weighted by Gasteiger charge is -2.24. The Balaban J connectivity index is 2.16. The highest BCUT2D eigenvalue weighted by atomic mass is 14.9. The van der Waals surface area contributed by atoms with Crippen molar-refractivity contribution in [3.8, 4) is 0 Å². The molecule has 0 radical (unpaired) electrons. The summed E-state index contributed by atoms with van der Waals surface area (Å²) in [7, 11) is 2.06. The maximum atomic E-state index is 3.49. The first-order valence-corrected chi connectivity index (χ1v) is 7.39. The van der Waals surface area contributed by atoms with Crippen LogP contribution in [0.2, 0.25) is 0 Å². The van der Waals surface area contributed by atoms with Crippen molar-refractivity contribution in [2.45, 2.75) is 39.2 Å². The van der Waals surface area contributed by atoms with Gasteiger partial charge >= 0.3 is 0 Å². The van der Waals surface area contributed by atoms with Gasteiger partial charge in [0.1, 0.15) is 0 Å². The van der Waals surface area contributed by atoms with E-state index in [9.17, 15) is 0 Å². The van der Waals surface area contributed by atoms with Gasteiger partial charge in [-0.1, -0.05) is 66.6 Å². The average Bonchev–Trinajstić information content (AvgIpc) is 2.44. The summed E-state index contributed by atoms with van der Waals surface area (Å²) < 4.78 is 0. The van der Waals surface area contributed by atoms with E-state index in [4.69, 9.17) is 0 Å². The Hall–Kier alpha value is -1.60. The molecule has 0 amide bonds. The van der Waals surface area contributed by atoms with Gasteiger partial charge in [0.2, 0.25) is 0 Å².